The Bertz CT molecular complexity index is 612. The van der Waals surface area contributed by atoms with E-state index in [1.807, 2.05) is 6.07 Å². The van der Waals surface area contributed by atoms with E-state index in [4.69, 9.17) is 4.74 Å². The minimum atomic E-state index is -0.198. The van der Waals surface area contributed by atoms with Gasteiger partial charge in [0, 0.05) is 32.1 Å². The summed E-state index contributed by atoms with van der Waals surface area (Å²) in [6.45, 7) is 3.72. The van der Waals surface area contributed by atoms with Crippen LogP contribution in [0.1, 0.15) is 21.6 Å². The number of aromatic nitrogens is 1. The number of anilines is 1. The maximum absolute atomic E-state index is 11.9. The van der Waals surface area contributed by atoms with Gasteiger partial charge in [-0.25, -0.2) is 0 Å². The number of hydrogen-bond acceptors (Lipinski definition) is 4. The highest BCUT2D eigenvalue weighted by Gasteiger charge is 2.07. The van der Waals surface area contributed by atoms with Crippen molar-refractivity contribution in [3.05, 3.63) is 59.4 Å². The quantitative estimate of drug-likeness (QED) is 0.771. The second kappa shape index (κ2) is 8.14. The number of carbonyl (C=O) groups excluding carboxylic acids is 1. The topological polar surface area (TPSA) is 63.2 Å². The highest BCUT2D eigenvalue weighted by atomic mass is 16.5. The molecule has 0 aliphatic rings. The van der Waals surface area contributed by atoms with Crippen LogP contribution in [0.5, 0.6) is 0 Å². The average molecular weight is 299 g/mol. The summed E-state index contributed by atoms with van der Waals surface area (Å²) in [4.78, 5) is 16.0. The molecule has 1 aromatic carbocycles. The minimum absolute atomic E-state index is 0.198. The van der Waals surface area contributed by atoms with Crippen LogP contribution in [-0.2, 0) is 11.3 Å². The number of benzene rings is 1. The zero-order valence-corrected chi connectivity index (χ0v) is 12.9. The Balaban J connectivity index is 1.93. The molecule has 5 nitrogen and oxygen atoms in total. The van der Waals surface area contributed by atoms with E-state index in [-0.39, 0.29) is 5.91 Å². The van der Waals surface area contributed by atoms with E-state index >= 15 is 0 Å². The Kier molecular flexibility index (Phi) is 5.91. The molecule has 0 aliphatic heterocycles. The van der Waals surface area contributed by atoms with Gasteiger partial charge in [0.15, 0.2) is 0 Å². The van der Waals surface area contributed by atoms with E-state index < -0.39 is 0 Å². The Hall–Kier alpha value is -2.40. The van der Waals surface area contributed by atoms with E-state index in [1.54, 1.807) is 19.4 Å². The van der Waals surface area contributed by atoms with Gasteiger partial charge in [0.2, 0.25) is 0 Å². The van der Waals surface area contributed by atoms with Crippen LogP contribution in [-0.4, -0.2) is 31.2 Å². The zero-order valence-electron chi connectivity index (χ0n) is 12.9. The number of carbonyl (C=O) groups is 1. The van der Waals surface area contributed by atoms with Gasteiger partial charge in [-0.15, -0.1) is 0 Å². The van der Waals surface area contributed by atoms with Crippen LogP contribution in [0.25, 0.3) is 0 Å². The van der Waals surface area contributed by atoms with Gasteiger partial charge in [-0.2, -0.15) is 0 Å². The second-order valence-corrected chi connectivity index (χ2v) is 5.02. The van der Waals surface area contributed by atoms with Crippen molar-refractivity contribution in [1.29, 1.82) is 0 Å². The molecule has 0 saturated heterocycles. The molecule has 1 amide bonds. The smallest absolute Gasteiger partial charge is 0.270 e. The standard InChI is InChI=1S/C17H21N3O2/c1-13-3-5-14(6-4-13)12-20-15-7-8-18-16(11-15)17(21)19-9-10-22-2/h3-8,11H,9-10,12H2,1-2H3,(H,18,20)(H,19,21). The van der Waals surface area contributed by atoms with Crippen molar-refractivity contribution in [2.24, 2.45) is 0 Å². The van der Waals surface area contributed by atoms with E-state index in [9.17, 15) is 4.79 Å². The Morgan fingerprint density at radius 2 is 2.00 bits per heavy atom. The molecule has 0 bridgehead atoms. The Morgan fingerprint density at radius 1 is 1.23 bits per heavy atom. The second-order valence-electron chi connectivity index (χ2n) is 5.02. The fourth-order valence-corrected chi connectivity index (χ4v) is 1.93. The number of nitrogens with one attached hydrogen (secondary N) is 2. The number of nitrogens with zero attached hydrogens (tertiary/aromatic N) is 1. The lowest BCUT2D eigenvalue weighted by Gasteiger charge is -2.09. The first kappa shape index (κ1) is 16.0. The molecule has 2 aromatic rings. The highest BCUT2D eigenvalue weighted by Crippen LogP contribution is 2.11. The van der Waals surface area contributed by atoms with Crippen molar-refractivity contribution in [1.82, 2.24) is 10.3 Å². The van der Waals surface area contributed by atoms with Crippen molar-refractivity contribution in [3.63, 3.8) is 0 Å². The molecule has 0 saturated carbocycles. The van der Waals surface area contributed by atoms with Crippen LogP contribution >= 0.6 is 0 Å². The van der Waals surface area contributed by atoms with Gasteiger partial charge in [-0.1, -0.05) is 29.8 Å². The maximum Gasteiger partial charge on any atom is 0.270 e. The van der Waals surface area contributed by atoms with Crippen molar-refractivity contribution >= 4 is 11.6 Å². The van der Waals surface area contributed by atoms with Crippen LogP contribution in [0.3, 0.4) is 0 Å². The summed E-state index contributed by atoms with van der Waals surface area (Å²) >= 11 is 0. The number of ether oxygens (including phenoxy) is 1. The molecule has 1 heterocycles. The lowest BCUT2D eigenvalue weighted by molar-refractivity contribution is 0.0932. The Morgan fingerprint density at radius 3 is 2.73 bits per heavy atom. The summed E-state index contributed by atoms with van der Waals surface area (Å²) in [6, 6.07) is 11.9. The molecule has 0 spiro atoms. The predicted octanol–water partition coefficient (Wildman–Crippen LogP) is 2.38. The summed E-state index contributed by atoms with van der Waals surface area (Å²) < 4.78 is 4.90. The van der Waals surface area contributed by atoms with Crippen molar-refractivity contribution in [3.8, 4) is 0 Å². The number of pyridine rings is 1. The third-order valence-electron chi connectivity index (χ3n) is 3.20. The summed E-state index contributed by atoms with van der Waals surface area (Å²) in [6.07, 6.45) is 1.63. The van der Waals surface area contributed by atoms with Crippen molar-refractivity contribution in [2.75, 3.05) is 25.6 Å². The van der Waals surface area contributed by atoms with Crippen LogP contribution in [0.4, 0.5) is 5.69 Å². The molecule has 0 radical (unpaired) electrons. The third-order valence-corrected chi connectivity index (χ3v) is 3.20. The van der Waals surface area contributed by atoms with Gasteiger partial charge < -0.3 is 15.4 Å². The largest absolute Gasteiger partial charge is 0.383 e. The van der Waals surface area contributed by atoms with Gasteiger partial charge in [0.25, 0.3) is 5.91 Å². The first-order valence-corrected chi connectivity index (χ1v) is 7.21. The molecule has 1 aromatic heterocycles. The molecule has 2 N–H and O–H groups in total. The predicted molar refractivity (Wildman–Crippen MR) is 87.0 cm³/mol. The van der Waals surface area contributed by atoms with E-state index in [2.05, 4.69) is 46.8 Å². The molecular formula is C17H21N3O2. The molecule has 22 heavy (non-hydrogen) atoms. The Labute approximate surface area is 130 Å². The van der Waals surface area contributed by atoms with Gasteiger partial charge in [0.05, 0.1) is 6.61 Å². The number of amides is 1. The maximum atomic E-state index is 11.9. The van der Waals surface area contributed by atoms with E-state index in [0.29, 0.717) is 25.4 Å². The molecule has 116 valence electrons. The number of methoxy groups -OCH3 is 1. The molecule has 2 rings (SSSR count). The van der Waals surface area contributed by atoms with Crippen LogP contribution < -0.4 is 10.6 Å². The van der Waals surface area contributed by atoms with Crippen LogP contribution in [0, 0.1) is 6.92 Å². The average Bonchev–Trinajstić information content (AvgIpc) is 2.55. The molecule has 0 atom stereocenters. The third kappa shape index (κ3) is 4.86. The first-order valence-electron chi connectivity index (χ1n) is 7.21. The monoisotopic (exact) mass is 299 g/mol. The number of aryl methyl sites for hydroxylation is 1. The van der Waals surface area contributed by atoms with E-state index in [0.717, 1.165) is 5.69 Å². The van der Waals surface area contributed by atoms with Crippen molar-refractivity contribution in [2.45, 2.75) is 13.5 Å². The summed E-state index contributed by atoms with van der Waals surface area (Å²) in [5, 5.41) is 6.05. The van der Waals surface area contributed by atoms with Crippen molar-refractivity contribution < 1.29 is 9.53 Å². The molecular weight excluding hydrogens is 278 g/mol. The fourth-order valence-electron chi connectivity index (χ4n) is 1.93. The molecule has 0 fully saturated rings. The van der Waals surface area contributed by atoms with Crippen LogP contribution in [0.2, 0.25) is 0 Å². The van der Waals surface area contributed by atoms with Crippen LogP contribution in [0.15, 0.2) is 42.6 Å². The highest BCUT2D eigenvalue weighted by molar-refractivity contribution is 5.93. The number of rotatable bonds is 7. The molecule has 5 heteroatoms. The summed E-state index contributed by atoms with van der Waals surface area (Å²) in [5.41, 5.74) is 3.69. The first-order chi connectivity index (χ1) is 10.7. The number of hydrogen-bond donors (Lipinski definition) is 2. The summed E-state index contributed by atoms with van der Waals surface area (Å²) in [5.74, 6) is -0.198. The lowest BCUT2D eigenvalue weighted by Crippen LogP contribution is -2.27. The normalized spacial score (nSPS) is 10.3. The lowest BCUT2D eigenvalue weighted by atomic mass is 10.1. The fraction of sp³-hybridized carbons (Fsp3) is 0.294. The van der Waals surface area contributed by atoms with Gasteiger partial charge in [-0.3, -0.25) is 9.78 Å². The zero-order chi connectivity index (χ0) is 15.8. The van der Waals surface area contributed by atoms with Gasteiger partial charge in [0.1, 0.15) is 5.69 Å². The summed E-state index contributed by atoms with van der Waals surface area (Å²) in [7, 11) is 1.60. The molecule has 0 unspecified atom stereocenters. The van der Waals surface area contributed by atoms with E-state index in [1.165, 1.54) is 11.1 Å². The van der Waals surface area contributed by atoms with Gasteiger partial charge >= 0.3 is 0 Å². The van der Waals surface area contributed by atoms with Gasteiger partial charge in [-0.05, 0) is 24.6 Å². The molecule has 0 aliphatic carbocycles. The minimum Gasteiger partial charge on any atom is -0.383 e. The SMILES string of the molecule is COCCNC(=O)c1cc(NCc2ccc(C)cc2)ccn1.